The molecule has 1 fully saturated rings. The van der Waals surface area contributed by atoms with Gasteiger partial charge in [0.05, 0.1) is 29.9 Å². The maximum atomic E-state index is 12.2. The first-order valence-electron chi connectivity index (χ1n) is 8.25. The van der Waals surface area contributed by atoms with Crippen molar-refractivity contribution in [2.45, 2.75) is 23.9 Å². The van der Waals surface area contributed by atoms with Gasteiger partial charge in [0.25, 0.3) is 0 Å². The molecule has 2 aromatic rings. The first-order valence-corrected chi connectivity index (χ1v) is 9.61. The molecule has 126 valence electrons. The molecule has 3 rings (SSSR count). The van der Waals surface area contributed by atoms with Gasteiger partial charge in [0.15, 0.2) is 0 Å². The van der Waals surface area contributed by atoms with Crippen LogP contribution in [0.25, 0.3) is 0 Å². The minimum absolute atomic E-state index is 0.0888. The number of hydrogen-bond donors (Lipinski definition) is 2. The molecular weight excluding hydrogens is 340 g/mol. The summed E-state index contributed by atoms with van der Waals surface area (Å²) in [6, 6.07) is 18.4. The van der Waals surface area contributed by atoms with Gasteiger partial charge in [0.2, 0.25) is 5.91 Å². The Bertz CT molecular complexity index is 680. The predicted octanol–water partition coefficient (Wildman–Crippen LogP) is 2.41. The minimum Gasteiger partial charge on any atom is -0.347 e. The van der Waals surface area contributed by atoms with E-state index in [4.69, 9.17) is 11.6 Å². The second kappa shape index (κ2) is 8.56. The van der Waals surface area contributed by atoms with E-state index in [9.17, 15) is 4.79 Å². The predicted molar refractivity (Wildman–Crippen MR) is 99.6 cm³/mol. The highest BCUT2D eigenvalue weighted by molar-refractivity contribution is 8.00. The van der Waals surface area contributed by atoms with Gasteiger partial charge in [0.1, 0.15) is 6.54 Å². The Morgan fingerprint density at radius 2 is 1.92 bits per heavy atom. The van der Waals surface area contributed by atoms with Crippen LogP contribution in [0.5, 0.6) is 0 Å². The summed E-state index contributed by atoms with van der Waals surface area (Å²) >= 11 is 7.61. The zero-order valence-corrected chi connectivity index (χ0v) is 15.1. The average Bonchev–Trinajstić information content (AvgIpc) is 3.02. The molecule has 3 nitrogen and oxygen atoms in total. The molecule has 1 aliphatic rings. The fourth-order valence-electron chi connectivity index (χ4n) is 3.07. The number of halogens is 1. The van der Waals surface area contributed by atoms with E-state index < -0.39 is 0 Å². The molecule has 1 amide bonds. The van der Waals surface area contributed by atoms with Crippen LogP contribution in [0.15, 0.2) is 59.5 Å². The van der Waals surface area contributed by atoms with Crippen LogP contribution in [0.2, 0.25) is 5.02 Å². The third kappa shape index (κ3) is 5.00. The largest absolute Gasteiger partial charge is 0.347 e. The van der Waals surface area contributed by atoms with Gasteiger partial charge in [-0.15, -0.1) is 11.8 Å². The number of likely N-dealkylation sites (tertiary alicyclic amines) is 1. The van der Waals surface area contributed by atoms with Crippen molar-refractivity contribution in [2.75, 3.05) is 18.8 Å². The number of thioether (sulfide) groups is 1. The van der Waals surface area contributed by atoms with Gasteiger partial charge >= 0.3 is 0 Å². The number of amides is 1. The van der Waals surface area contributed by atoms with Crippen LogP contribution in [-0.2, 0) is 11.3 Å². The lowest BCUT2D eigenvalue weighted by Crippen LogP contribution is -3.09. The van der Waals surface area contributed by atoms with E-state index in [1.165, 1.54) is 22.2 Å². The zero-order valence-electron chi connectivity index (χ0n) is 13.5. The standard InChI is InChI=1S/C19H21ClN2OS/c20-17-8-4-5-9-18(17)24-14-19(23)21-16-10-11-22(13-16)12-15-6-2-1-3-7-15/h1-9,16H,10-14H2,(H,21,23)/p+1/t16-/m0/s1. The summed E-state index contributed by atoms with van der Waals surface area (Å²) in [5.41, 5.74) is 1.36. The fraction of sp³-hybridized carbons (Fsp3) is 0.316. The monoisotopic (exact) mass is 361 g/mol. The number of quaternary nitrogens is 1. The first kappa shape index (κ1) is 17.3. The Morgan fingerprint density at radius 3 is 2.71 bits per heavy atom. The maximum Gasteiger partial charge on any atom is 0.230 e. The average molecular weight is 362 g/mol. The Balaban J connectivity index is 1.42. The molecule has 2 N–H and O–H groups in total. The second-order valence-electron chi connectivity index (χ2n) is 6.14. The van der Waals surface area contributed by atoms with E-state index in [1.54, 1.807) is 0 Å². The van der Waals surface area contributed by atoms with Crippen molar-refractivity contribution in [3.63, 3.8) is 0 Å². The lowest BCUT2D eigenvalue weighted by molar-refractivity contribution is -0.901. The van der Waals surface area contributed by atoms with Crippen LogP contribution in [0.4, 0.5) is 0 Å². The van der Waals surface area contributed by atoms with Crippen molar-refractivity contribution >= 4 is 29.3 Å². The highest BCUT2D eigenvalue weighted by Gasteiger charge is 2.27. The SMILES string of the molecule is O=C(CSc1ccccc1Cl)N[C@H]1CC[NH+](Cc2ccccc2)C1. The summed E-state index contributed by atoms with van der Waals surface area (Å²) in [7, 11) is 0. The van der Waals surface area contributed by atoms with Crippen molar-refractivity contribution in [1.29, 1.82) is 0 Å². The van der Waals surface area contributed by atoms with Crippen molar-refractivity contribution in [2.24, 2.45) is 0 Å². The number of benzene rings is 2. The van der Waals surface area contributed by atoms with Gasteiger partial charge in [-0.25, -0.2) is 0 Å². The Morgan fingerprint density at radius 1 is 1.17 bits per heavy atom. The Hall–Kier alpha value is -1.49. The molecule has 0 radical (unpaired) electrons. The summed E-state index contributed by atoms with van der Waals surface area (Å²) in [6.07, 6.45) is 1.05. The minimum atomic E-state index is 0.0888. The van der Waals surface area contributed by atoms with Gasteiger partial charge < -0.3 is 10.2 Å². The molecule has 5 heteroatoms. The smallest absolute Gasteiger partial charge is 0.230 e. The fourth-order valence-corrected chi connectivity index (χ4v) is 4.12. The normalized spacial score (nSPS) is 20.0. The summed E-state index contributed by atoms with van der Waals surface area (Å²) in [5.74, 6) is 0.500. The summed E-state index contributed by atoms with van der Waals surface area (Å²) in [4.78, 5) is 14.7. The Kier molecular flexibility index (Phi) is 6.18. The van der Waals surface area contributed by atoms with Gasteiger partial charge in [-0.2, -0.15) is 0 Å². The molecule has 1 heterocycles. The molecule has 0 spiro atoms. The number of nitrogens with one attached hydrogen (secondary N) is 2. The van der Waals surface area contributed by atoms with Crippen LogP contribution in [-0.4, -0.2) is 30.8 Å². The summed E-state index contributed by atoms with van der Waals surface area (Å²) in [6.45, 7) is 3.14. The molecule has 24 heavy (non-hydrogen) atoms. The molecule has 0 aliphatic carbocycles. The molecule has 0 saturated carbocycles. The molecule has 2 atom stereocenters. The van der Waals surface area contributed by atoms with E-state index >= 15 is 0 Å². The maximum absolute atomic E-state index is 12.2. The molecule has 0 bridgehead atoms. The quantitative estimate of drug-likeness (QED) is 0.775. The molecule has 2 aromatic carbocycles. The molecule has 0 aromatic heterocycles. The van der Waals surface area contributed by atoms with Crippen molar-refractivity contribution in [3.05, 3.63) is 65.2 Å². The van der Waals surface area contributed by atoms with Crippen molar-refractivity contribution in [1.82, 2.24) is 5.32 Å². The van der Waals surface area contributed by atoms with Gasteiger partial charge in [-0.05, 0) is 12.1 Å². The summed E-state index contributed by atoms with van der Waals surface area (Å²) < 4.78 is 0. The van der Waals surface area contributed by atoms with Crippen LogP contribution in [0.3, 0.4) is 0 Å². The number of hydrogen-bond acceptors (Lipinski definition) is 2. The van der Waals surface area contributed by atoms with E-state index in [2.05, 4.69) is 29.6 Å². The van der Waals surface area contributed by atoms with Crippen molar-refractivity contribution < 1.29 is 9.69 Å². The van der Waals surface area contributed by atoms with Gasteiger partial charge in [-0.3, -0.25) is 4.79 Å². The number of carbonyl (C=O) groups is 1. The van der Waals surface area contributed by atoms with Gasteiger partial charge in [0, 0.05) is 16.9 Å². The highest BCUT2D eigenvalue weighted by atomic mass is 35.5. The van der Waals surface area contributed by atoms with E-state index in [0.29, 0.717) is 10.8 Å². The molecule has 1 aliphatic heterocycles. The number of carbonyl (C=O) groups excluding carboxylic acids is 1. The van der Waals surface area contributed by atoms with Crippen LogP contribution < -0.4 is 10.2 Å². The molecule has 1 unspecified atom stereocenters. The molecule has 1 saturated heterocycles. The topological polar surface area (TPSA) is 33.5 Å². The third-order valence-electron chi connectivity index (χ3n) is 4.24. The first-order chi connectivity index (χ1) is 11.7. The van der Waals surface area contributed by atoms with Crippen LogP contribution in [0, 0.1) is 0 Å². The van der Waals surface area contributed by atoms with E-state index in [1.807, 2.05) is 30.3 Å². The summed E-state index contributed by atoms with van der Waals surface area (Å²) in [5, 5.41) is 3.86. The highest BCUT2D eigenvalue weighted by Crippen LogP contribution is 2.26. The second-order valence-corrected chi connectivity index (χ2v) is 7.56. The lowest BCUT2D eigenvalue weighted by atomic mass is 10.2. The van der Waals surface area contributed by atoms with Crippen LogP contribution in [0.1, 0.15) is 12.0 Å². The van der Waals surface area contributed by atoms with E-state index in [0.717, 1.165) is 31.0 Å². The Labute approximate surface area is 152 Å². The zero-order chi connectivity index (χ0) is 16.8. The molecular formula is C19H22ClN2OS+. The lowest BCUT2D eigenvalue weighted by Gasteiger charge is -2.14. The van der Waals surface area contributed by atoms with E-state index in [-0.39, 0.29) is 11.9 Å². The van der Waals surface area contributed by atoms with Crippen molar-refractivity contribution in [3.8, 4) is 0 Å². The van der Waals surface area contributed by atoms with Gasteiger partial charge in [-0.1, -0.05) is 54.1 Å². The van der Waals surface area contributed by atoms with Crippen LogP contribution >= 0.6 is 23.4 Å². The number of rotatable bonds is 6. The third-order valence-corrected chi connectivity index (χ3v) is 5.75.